The van der Waals surface area contributed by atoms with Crippen LogP contribution in [0.3, 0.4) is 0 Å². The third-order valence-corrected chi connectivity index (χ3v) is 5.34. The molecule has 0 saturated carbocycles. The molecule has 0 fully saturated rings. The maximum atomic E-state index is 12.3. The summed E-state index contributed by atoms with van der Waals surface area (Å²) < 4.78 is 28.1. The van der Waals surface area contributed by atoms with Gasteiger partial charge in [-0.15, -0.1) is 0 Å². The molecule has 2 heterocycles. The van der Waals surface area contributed by atoms with E-state index in [-0.39, 0.29) is 81.6 Å². The fraction of sp³-hybridized carbons (Fsp3) is 0.241. The minimum atomic E-state index is -0.910. The number of hydrogen-bond donors (Lipinski definition) is 1. The first-order valence-electron chi connectivity index (χ1n) is 12.2. The maximum absolute atomic E-state index is 12.3. The van der Waals surface area contributed by atoms with Crippen LogP contribution in [0.15, 0.2) is 73.1 Å². The second-order valence-corrected chi connectivity index (χ2v) is 7.95. The number of halogens is 1. The zero-order valence-electron chi connectivity index (χ0n) is 24.3. The summed E-state index contributed by atoms with van der Waals surface area (Å²) in [5, 5.41) is 30.0. The van der Waals surface area contributed by atoms with Gasteiger partial charge in [-0.1, -0.05) is 33.4 Å². The molecule has 13 nitrogen and oxygen atoms in total. The van der Waals surface area contributed by atoms with Gasteiger partial charge in [0.2, 0.25) is 11.6 Å². The Hall–Kier alpha value is -3.73. The van der Waals surface area contributed by atoms with E-state index in [9.17, 15) is 29.7 Å². The monoisotopic (exact) mass is 640 g/mol. The van der Waals surface area contributed by atoms with Gasteiger partial charge in [0.05, 0.1) is 14.2 Å². The Labute approximate surface area is 297 Å². The standard InChI is InChI=1S/C14H14N2O4.C9H12O2.C5H3FN2O2.CH4.K.H2O/c1-3-10-6-7-11(13(9-10)19-2)20-12-5-4-8-15-14(12)16(17)18;1-3-7-4-5-8(10)9(6-7)11-2;6-4-2-1-3-7-5(4)8(9)10;;;/h4-9H,3H2,1-2H3;4-6,10H,3H2,1-2H3;1-3H;1H4;;1H2/q;;;;+1;/p-1. The fourth-order valence-electron chi connectivity index (χ4n) is 3.19. The van der Waals surface area contributed by atoms with Crippen molar-refractivity contribution in [3.8, 4) is 28.7 Å². The van der Waals surface area contributed by atoms with Crippen LogP contribution in [0.4, 0.5) is 16.0 Å². The summed E-state index contributed by atoms with van der Waals surface area (Å²) in [6.07, 6.45) is 4.34. The van der Waals surface area contributed by atoms with Crippen molar-refractivity contribution >= 4 is 11.6 Å². The van der Waals surface area contributed by atoms with Gasteiger partial charge in [-0.2, -0.15) is 4.39 Å². The van der Waals surface area contributed by atoms with Crippen molar-refractivity contribution in [2.45, 2.75) is 34.1 Å². The molecule has 2 N–H and O–H groups in total. The Morgan fingerprint density at radius 2 is 1.27 bits per heavy atom. The molecule has 2 aromatic heterocycles. The Bertz CT molecular complexity index is 1480. The van der Waals surface area contributed by atoms with E-state index < -0.39 is 21.5 Å². The Morgan fingerprint density at radius 3 is 1.75 bits per heavy atom. The van der Waals surface area contributed by atoms with Crippen LogP contribution in [0, 0.1) is 26.0 Å². The fourth-order valence-corrected chi connectivity index (χ4v) is 3.19. The molecule has 0 atom stereocenters. The third-order valence-electron chi connectivity index (χ3n) is 5.34. The minimum Gasteiger partial charge on any atom is -0.870 e. The van der Waals surface area contributed by atoms with Gasteiger partial charge in [0.25, 0.3) is 0 Å². The minimum absolute atomic E-state index is 0. The molecule has 0 unspecified atom stereocenters. The molecule has 0 aliphatic heterocycles. The SMILES string of the molecule is C.CCc1ccc(O)c(OC)c1.CCc1ccc(Oc2cccnc2[N+](=O)[O-])c(OC)c1.O=[N+]([O-])c1ncccc1F.[K+].[OH-]. The normalized spacial score (nSPS) is 9.11. The predicted molar refractivity (Wildman–Crippen MR) is 157 cm³/mol. The molecule has 2 aromatic carbocycles. The van der Waals surface area contributed by atoms with Gasteiger partial charge >= 0.3 is 63.0 Å². The van der Waals surface area contributed by atoms with E-state index in [4.69, 9.17) is 14.2 Å². The zero-order chi connectivity index (χ0) is 30.4. The third kappa shape index (κ3) is 12.9. The number of aromatic nitrogens is 2. The van der Waals surface area contributed by atoms with Gasteiger partial charge in [0.15, 0.2) is 23.0 Å². The molecule has 44 heavy (non-hydrogen) atoms. The molecule has 15 heteroatoms. The van der Waals surface area contributed by atoms with Gasteiger partial charge in [0.1, 0.15) is 12.4 Å². The smallest absolute Gasteiger partial charge is 0.870 e. The number of aromatic hydroxyl groups is 1. The predicted octanol–water partition coefficient (Wildman–Crippen LogP) is 3.91. The van der Waals surface area contributed by atoms with E-state index in [1.807, 2.05) is 31.2 Å². The van der Waals surface area contributed by atoms with E-state index in [0.29, 0.717) is 17.2 Å². The summed E-state index contributed by atoms with van der Waals surface area (Å²) in [6, 6.07) is 16.2. The molecule has 4 aromatic rings. The number of aryl methyl sites for hydroxylation is 2. The second-order valence-electron chi connectivity index (χ2n) is 7.95. The molecule has 0 radical (unpaired) electrons. The second kappa shape index (κ2) is 21.9. The first-order chi connectivity index (χ1) is 19.6. The molecular weight excluding hydrogens is 606 g/mol. The summed E-state index contributed by atoms with van der Waals surface area (Å²) in [4.78, 5) is 26.3. The molecule has 0 spiro atoms. The van der Waals surface area contributed by atoms with Crippen molar-refractivity contribution in [1.29, 1.82) is 0 Å². The molecule has 0 aliphatic rings. The van der Waals surface area contributed by atoms with E-state index >= 15 is 0 Å². The van der Waals surface area contributed by atoms with E-state index in [1.165, 1.54) is 37.2 Å². The number of benzene rings is 2. The van der Waals surface area contributed by atoms with Gasteiger partial charge in [-0.25, -0.2) is 0 Å². The maximum Gasteiger partial charge on any atom is 1.00 e. The number of hydrogen-bond acceptors (Lipinski definition) is 11. The van der Waals surface area contributed by atoms with Crippen molar-refractivity contribution < 1.29 is 90.4 Å². The summed E-state index contributed by atoms with van der Waals surface area (Å²) in [7, 11) is 3.08. The summed E-state index contributed by atoms with van der Waals surface area (Å²) in [5.41, 5.74) is 2.26. The van der Waals surface area contributed by atoms with Crippen LogP contribution in [-0.4, -0.2) is 44.6 Å². The van der Waals surface area contributed by atoms with Crippen molar-refractivity contribution in [3.63, 3.8) is 0 Å². The van der Waals surface area contributed by atoms with Crippen LogP contribution in [0.5, 0.6) is 28.7 Å². The Kier molecular flexibility index (Phi) is 21.1. The number of nitrogens with zero attached hydrogens (tertiary/aromatic N) is 4. The summed E-state index contributed by atoms with van der Waals surface area (Å²) in [6.45, 7) is 4.09. The quantitative estimate of drug-likeness (QED) is 0.167. The summed E-state index contributed by atoms with van der Waals surface area (Å²) >= 11 is 0. The number of phenolic OH excluding ortho intramolecular Hbond substituents is 1. The van der Waals surface area contributed by atoms with Crippen LogP contribution in [0.25, 0.3) is 0 Å². The van der Waals surface area contributed by atoms with Crippen LogP contribution in [0.2, 0.25) is 0 Å². The van der Waals surface area contributed by atoms with Crippen molar-refractivity contribution in [2.24, 2.45) is 0 Å². The topological polar surface area (TPSA) is 190 Å². The largest absolute Gasteiger partial charge is 1.00 e. The number of nitro groups is 2. The number of rotatable bonds is 8. The first kappa shape index (κ1) is 42.4. The van der Waals surface area contributed by atoms with Gasteiger partial charge in [-0.05, 0) is 92.3 Å². The molecule has 4 rings (SSSR count). The van der Waals surface area contributed by atoms with Gasteiger partial charge in [0, 0.05) is 0 Å². The van der Waals surface area contributed by atoms with E-state index in [1.54, 1.807) is 25.3 Å². The molecule has 0 saturated heterocycles. The average molecular weight is 641 g/mol. The first-order valence-corrected chi connectivity index (χ1v) is 12.2. The van der Waals surface area contributed by atoms with Crippen LogP contribution in [0.1, 0.15) is 32.4 Å². The molecular formula is C29H34FKN4O9. The average Bonchev–Trinajstić information content (AvgIpc) is 2.98. The Morgan fingerprint density at radius 1 is 0.773 bits per heavy atom. The van der Waals surface area contributed by atoms with Crippen LogP contribution < -0.4 is 65.6 Å². The van der Waals surface area contributed by atoms with Crippen LogP contribution in [-0.2, 0) is 12.8 Å². The number of pyridine rings is 2. The molecule has 232 valence electrons. The van der Waals surface area contributed by atoms with Crippen molar-refractivity contribution in [1.82, 2.24) is 9.97 Å². The Balaban J connectivity index is 0. The molecule has 0 amide bonds. The zero-order valence-corrected chi connectivity index (χ0v) is 27.4. The van der Waals surface area contributed by atoms with E-state index in [2.05, 4.69) is 16.9 Å². The van der Waals surface area contributed by atoms with Gasteiger partial charge < -0.3 is 45.0 Å². The number of ether oxygens (including phenoxy) is 3. The van der Waals surface area contributed by atoms with Gasteiger partial charge in [-0.3, -0.25) is 0 Å². The molecule has 0 aliphatic carbocycles. The number of methoxy groups -OCH3 is 2. The van der Waals surface area contributed by atoms with E-state index in [0.717, 1.165) is 24.5 Å². The number of phenols is 1. The van der Waals surface area contributed by atoms with Crippen molar-refractivity contribution in [3.05, 3.63) is 110 Å². The molecule has 0 bridgehead atoms. The van der Waals surface area contributed by atoms with Crippen molar-refractivity contribution in [2.75, 3.05) is 14.2 Å². The van der Waals surface area contributed by atoms with Crippen LogP contribution >= 0.6 is 0 Å². The summed E-state index contributed by atoms with van der Waals surface area (Å²) in [5.74, 6) is -0.193.